The fraction of sp³-hybridized carbons (Fsp3) is 0.364. The van der Waals surface area contributed by atoms with Gasteiger partial charge in [-0.15, -0.1) is 0 Å². The van der Waals surface area contributed by atoms with E-state index in [9.17, 15) is 22.8 Å². The summed E-state index contributed by atoms with van der Waals surface area (Å²) in [7, 11) is 3.39. The molecule has 0 bridgehead atoms. The average molecular weight is 486 g/mol. The number of fused-ring (bicyclic) bond motifs is 1. The molecule has 0 saturated heterocycles. The summed E-state index contributed by atoms with van der Waals surface area (Å²) < 4.78 is 38.5. The third kappa shape index (κ3) is 5.89. The molecule has 0 fully saturated rings. The maximum absolute atomic E-state index is 12.8. The van der Waals surface area contributed by atoms with Gasteiger partial charge < -0.3 is 15.1 Å². The van der Waals surface area contributed by atoms with Crippen molar-refractivity contribution in [1.29, 1.82) is 0 Å². The number of halogens is 4. The summed E-state index contributed by atoms with van der Waals surface area (Å²) >= 11 is 7.53. The molecule has 0 aliphatic carbocycles. The molecule has 2 aromatic rings. The number of anilines is 1. The second kappa shape index (κ2) is 10.0. The summed E-state index contributed by atoms with van der Waals surface area (Å²) in [4.78, 5) is 26.6. The molecule has 2 amide bonds. The Kier molecular flexibility index (Phi) is 7.61. The molecule has 2 aromatic carbocycles. The summed E-state index contributed by atoms with van der Waals surface area (Å²) in [6, 6.07) is 11.0. The predicted molar refractivity (Wildman–Crippen MR) is 120 cm³/mol. The third-order valence-electron chi connectivity index (χ3n) is 5.13. The number of hydrogen-bond donors (Lipinski definition) is 1. The number of alkyl halides is 3. The van der Waals surface area contributed by atoms with Gasteiger partial charge in [-0.2, -0.15) is 13.2 Å². The molecular weight excluding hydrogens is 463 g/mol. The lowest BCUT2D eigenvalue weighted by Crippen LogP contribution is -2.42. The maximum atomic E-state index is 12.8. The Hall–Kier alpha value is -2.39. The van der Waals surface area contributed by atoms with Gasteiger partial charge in [0.1, 0.15) is 0 Å². The van der Waals surface area contributed by atoms with Crippen LogP contribution in [0.1, 0.15) is 16.7 Å². The normalized spacial score (nSPS) is 13.9. The van der Waals surface area contributed by atoms with Crippen LogP contribution in [0, 0.1) is 0 Å². The Labute approximate surface area is 193 Å². The molecule has 1 heterocycles. The molecular formula is C22H23ClF3N3O2S. The molecule has 10 heteroatoms. The van der Waals surface area contributed by atoms with Gasteiger partial charge in [-0.25, -0.2) is 0 Å². The zero-order valence-corrected chi connectivity index (χ0v) is 19.2. The molecule has 32 heavy (non-hydrogen) atoms. The highest BCUT2D eigenvalue weighted by atomic mass is 35.5. The van der Waals surface area contributed by atoms with Crippen molar-refractivity contribution in [2.75, 3.05) is 32.5 Å². The number of hydrogen-bond acceptors (Lipinski definition) is 4. The molecule has 172 valence electrons. The summed E-state index contributed by atoms with van der Waals surface area (Å²) in [6.45, 7) is 0.442. The number of amides is 2. The number of carbonyl (C=O) groups is 2. The van der Waals surface area contributed by atoms with Crippen LogP contribution in [0.2, 0.25) is 5.02 Å². The molecule has 0 unspecified atom stereocenters. The zero-order chi connectivity index (χ0) is 23.5. The molecule has 0 aromatic heterocycles. The molecule has 1 N–H and O–H groups in total. The third-order valence-corrected chi connectivity index (χ3v) is 6.50. The van der Waals surface area contributed by atoms with Crippen molar-refractivity contribution in [3.05, 3.63) is 58.1 Å². The molecule has 1 aliphatic heterocycles. The standard InChI is InChI=1S/C22H23ClF3N3O2S/c1-28(2)21(31)32-16-6-3-14(4-7-16)13-27-19-17-10-12-29(20(30)22(24,25)26)11-9-15(17)5-8-18(19)23/h3-8,27H,9-13H2,1-2H3. The number of thioether (sulfide) groups is 1. The van der Waals surface area contributed by atoms with Gasteiger partial charge in [0, 0.05) is 38.6 Å². The summed E-state index contributed by atoms with van der Waals surface area (Å²) in [5.74, 6) is -1.81. The van der Waals surface area contributed by atoms with Crippen LogP contribution in [-0.2, 0) is 24.2 Å². The van der Waals surface area contributed by atoms with Crippen LogP contribution >= 0.6 is 23.4 Å². The van der Waals surface area contributed by atoms with Crippen molar-refractivity contribution in [2.45, 2.75) is 30.5 Å². The van der Waals surface area contributed by atoms with Gasteiger partial charge in [-0.1, -0.05) is 29.8 Å². The minimum absolute atomic E-state index is 0.0111. The molecule has 0 saturated carbocycles. The SMILES string of the molecule is CN(C)C(=O)Sc1ccc(CNc2c(Cl)ccc3c2CCN(C(=O)C(F)(F)F)CC3)cc1. The van der Waals surface area contributed by atoms with E-state index < -0.39 is 12.1 Å². The van der Waals surface area contributed by atoms with E-state index in [1.54, 1.807) is 26.2 Å². The number of nitrogens with one attached hydrogen (secondary N) is 1. The van der Waals surface area contributed by atoms with Crippen LogP contribution in [0.15, 0.2) is 41.3 Å². The molecule has 3 rings (SSSR count). The quantitative estimate of drug-likeness (QED) is 0.604. The molecule has 5 nitrogen and oxygen atoms in total. The lowest BCUT2D eigenvalue weighted by molar-refractivity contribution is -0.185. The van der Waals surface area contributed by atoms with E-state index >= 15 is 0 Å². The van der Waals surface area contributed by atoms with Crippen LogP contribution in [0.25, 0.3) is 0 Å². The lowest BCUT2D eigenvalue weighted by atomic mass is 10.0. The van der Waals surface area contributed by atoms with Crippen molar-refractivity contribution in [1.82, 2.24) is 9.80 Å². The highest BCUT2D eigenvalue weighted by Crippen LogP contribution is 2.33. The van der Waals surface area contributed by atoms with E-state index in [1.807, 2.05) is 24.3 Å². The molecule has 0 atom stereocenters. The summed E-state index contributed by atoms with van der Waals surface area (Å²) in [6.07, 6.45) is -4.27. The fourth-order valence-electron chi connectivity index (χ4n) is 3.43. The van der Waals surface area contributed by atoms with Gasteiger partial charge in [0.05, 0.1) is 10.7 Å². The predicted octanol–water partition coefficient (Wildman–Crippen LogP) is 5.22. The summed E-state index contributed by atoms with van der Waals surface area (Å²) in [5, 5.41) is 3.71. The van der Waals surface area contributed by atoms with Gasteiger partial charge >= 0.3 is 12.1 Å². The Morgan fingerprint density at radius 3 is 2.38 bits per heavy atom. The van der Waals surface area contributed by atoms with Gasteiger partial charge in [-0.05, 0) is 59.5 Å². The average Bonchev–Trinajstić information content (AvgIpc) is 2.95. The second-order valence-corrected chi connectivity index (χ2v) is 9.04. The Bertz CT molecular complexity index is 997. The topological polar surface area (TPSA) is 52.7 Å². The van der Waals surface area contributed by atoms with Crippen LogP contribution in [-0.4, -0.2) is 54.3 Å². The van der Waals surface area contributed by atoms with E-state index in [4.69, 9.17) is 11.6 Å². The highest BCUT2D eigenvalue weighted by molar-refractivity contribution is 8.13. The van der Waals surface area contributed by atoms with Gasteiger partial charge in [0.2, 0.25) is 0 Å². The minimum Gasteiger partial charge on any atom is -0.380 e. The minimum atomic E-state index is -4.88. The first-order valence-electron chi connectivity index (χ1n) is 9.94. The molecule has 0 spiro atoms. The first kappa shape index (κ1) is 24.3. The van der Waals surface area contributed by atoms with Crippen LogP contribution in [0.5, 0.6) is 0 Å². The van der Waals surface area contributed by atoms with Crippen LogP contribution in [0.4, 0.5) is 23.7 Å². The first-order chi connectivity index (χ1) is 15.1. The van der Waals surface area contributed by atoms with Gasteiger partial charge in [0.15, 0.2) is 0 Å². The van der Waals surface area contributed by atoms with Crippen molar-refractivity contribution >= 4 is 40.2 Å². The van der Waals surface area contributed by atoms with Crippen LogP contribution in [0.3, 0.4) is 0 Å². The fourth-order valence-corrected chi connectivity index (χ4v) is 4.33. The summed E-state index contributed by atoms with van der Waals surface area (Å²) in [5.41, 5.74) is 3.34. The van der Waals surface area contributed by atoms with Crippen molar-refractivity contribution in [2.24, 2.45) is 0 Å². The Balaban J connectivity index is 1.70. The van der Waals surface area contributed by atoms with E-state index in [0.29, 0.717) is 23.7 Å². The van der Waals surface area contributed by atoms with Gasteiger partial charge in [0.25, 0.3) is 5.24 Å². The zero-order valence-electron chi connectivity index (χ0n) is 17.6. The number of benzene rings is 2. The monoisotopic (exact) mass is 485 g/mol. The van der Waals surface area contributed by atoms with Crippen molar-refractivity contribution in [3.63, 3.8) is 0 Å². The Morgan fingerprint density at radius 2 is 1.75 bits per heavy atom. The highest BCUT2D eigenvalue weighted by Gasteiger charge is 2.42. The maximum Gasteiger partial charge on any atom is 0.471 e. The molecule has 0 radical (unpaired) electrons. The van der Waals surface area contributed by atoms with Crippen molar-refractivity contribution in [3.8, 4) is 0 Å². The number of carbonyl (C=O) groups excluding carboxylic acids is 2. The van der Waals surface area contributed by atoms with Crippen LogP contribution < -0.4 is 5.32 Å². The Morgan fingerprint density at radius 1 is 1.09 bits per heavy atom. The first-order valence-corrected chi connectivity index (χ1v) is 11.1. The van der Waals surface area contributed by atoms with E-state index in [0.717, 1.165) is 38.2 Å². The van der Waals surface area contributed by atoms with E-state index in [2.05, 4.69) is 5.32 Å². The van der Waals surface area contributed by atoms with Gasteiger partial charge in [-0.3, -0.25) is 9.59 Å². The van der Waals surface area contributed by atoms with Crippen molar-refractivity contribution < 1.29 is 22.8 Å². The van der Waals surface area contributed by atoms with E-state index in [-0.39, 0.29) is 24.7 Å². The molecule has 1 aliphatic rings. The van der Waals surface area contributed by atoms with E-state index in [1.165, 1.54) is 4.90 Å². The number of rotatable bonds is 4. The largest absolute Gasteiger partial charge is 0.471 e. The second-order valence-electron chi connectivity index (χ2n) is 7.61. The number of nitrogens with zero attached hydrogens (tertiary/aromatic N) is 2. The lowest BCUT2D eigenvalue weighted by Gasteiger charge is -2.21. The smallest absolute Gasteiger partial charge is 0.380 e.